The van der Waals surface area contributed by atoms with Crippen molar-refractivity contribution >= 4 is 17.3 Å². The molecule has 1 N–H and O–H groups in total. The molecular weight excluding hydrogens is 358 g/mol. The molecule has 3 aromatic rings. The van der Waals surface area contributed by atoms with Gasteiger partial charge in [-0.2, -0.15) is 0 Å². The van der Waals surface area contributed by atoms with E-state index in [1.54, 1.807) is 0 Å². The average Bonchev–Trinajstić information content (AvgIpc) is 2.68. The van der Waals surface area contributed by atoms with Crippen molar-refractivity contribution in [2.75, 3.05) is 11.9 Å². The molecule has 27 heavy (non-hydrogen) atoms. The van der Waals surface area contributed by atoms with Gasteiger partial charge in [0, 0.05) is 22.8 Å². The highest BCUT2D eigenvalue weighted by molar-refractivity contribution is 6.31. The Hall–Kier alpha value is -2.65. The van der Waals surface area contributed by atoms with E-state index in [1.165, 1.54) is 5.56 Å². The van der Waals surface area contributed by atoms with Gasteiger partial charge in [0.25, 0.3) is 0 Å². The Morgan fingerprint density at radius 3 is 2.41 bits per heavy atom. The summed E-state index contributed by atoms with van der Waals surface area (Å²) in [6, 6.07) is 22.1. The molecule has 3 nitrogen and oxygen atoms in total. The molecule has 3 rings (SSSR count). The number of halogens is 1. The summed E-state index contributed by atoms with van der Waals surface area (Å²) in [5.74, 6) is 1.46. The van der Waals surface area contributed by atoms with Gasteiger partial charge in [-0.25, -0.2) is 0 Å². The minimum atomic E-state index is 0.403. The zero-order valence-corrected chi connectivity index (χ0v) is 16.4. The highest BCUT2D eigenvalue weighted by atomic mass is 35.5. The lowest BCUT2D eigenvalue weighted by Crippen LogP contribution is -2.03. The second-order valence-electron chi connectivity index (χ2n) is 6.31. The summed E-state index contributed by atoms with van der Waals surface area (Å²) >= 11 is 6.21. The van der Waals surface area contributed by atoms with E-state index in [0.717, 1.165) is 28.3 Å². The third-order valence-corrected chi connectivity index (χ3v) is 4.57. The fourth-order valence-electron chi connectivity index (χ4n) is 2.70. The smallest absolute Gasteiger partial charge is 0.161 e. The molecule has 0 aliphatic heterocycles. The van der Waals surface area contributed by atoms with Crippen LogP contribution in [0.5, 0.6) is 11.5 Å². The van der Waals surface area contributed by atoms with E-state index in [9.17, 15) is 0 Å². The summed E-state index contributed by atoms with van der Waals surface area (Å²) in [4.78, 5) is 0. The van der Waals surface area contributed by atoms with E-state index in [-0.39, 0.29) is 0 Å². The number of aryl methyl sites for hydroxylation is 1. The Kier molecular flexibility index (Phi) is 6.61. The fourth-order valence-corrected chi connectivity index (χ4v) is 2.89. The normalized spacial score (nSPS) is 10.5. The van der Waals surface area contributed by atoms with E-state index in [0.29, 0.717) is 24.8 Å². The van der Waals surface area contributed by atoms with Crippen molar-refractivity contribution in [3.8, 4) is 11.5 Å². The third-order valence-electron chi connectivity index (χ3n) is 4.20. The molecular formula is C23H24ClNO2. The van der Waals surface area contributed by atoms with Crippen LogP contribution in [-0.4, -0.2) is 6.61 Å². The first-order valence-electron chi connectivity index (χ1n) is 9.08. The van der Waals surface area contributed by atoms with Crippen molar-refractivity contribution in [1.29, 1.82) is 0 Å². The van der Waals surface area contributed by atoms with E-state index in [2.05, 4.69) is 36.5 Å². The summed E-state index contributed by atoms with van der Waals surface area (Å²) in [5, 5.41) is 4.13. The van der Waals surface area contributed by atoms with Gasteiger partial charge >= 0.3 is 0 Å². The summed E-state index contributed by atoms with van der Waals surface area (Å²) < 4.78 is 11.7. The molecule has 4 heteroatoms. The first-order chi connectivity index (χ1) is 13.2. The number of anilines is 1. The number of nitrogens with one attached hydrogen (secondary N) is 1. The third kappa shape index (κ3) is 5.41. The maximum absolute atomic E-state index is 6.21. The monoisotopic (exact) mass is 381 g/mol. The topological polar surface area (TPSA) is 30.5 Å². The van der Waals surface area contributed by atoms with Crippen LogP contribution in [-0.2, 0) is 13.2 Å². The zero-order chi connectivity index (χ0) is 19.1. The highest BCUT2D eigenvalue weighted by Gasteiger charge is 2.08. The molecule has 0 fully saturated rings. The summed E-state index contributed by atoms with van der Waals surface area (Å²) in [6.45, 7) is 5.75. The van der Waals surface area contributed by atoms with Crippen LogP contribution < -0.4 is 14.8 Å². The van der Waals surface area contributed by atoms with Gasteiger partial charge in [0.2, 0.25) is 0 Å². The van der Waals surface area contributed by atoms with Gasteiger partial charge in [-0.1, -0.05) is 53.6 Å². The highest BCUT2D eigenvalue weighted by Crippen LogP contribution is 2.30. The van der Waals surface area contributed by atoms with Crippen LogP contribution in [0.25, 0.3) is 0 Å². The first kappa shape index (κ1) is 19.1. The molecule has 0 spiro atoms. The molecule has 0 amide bonds. The van der Waals surface area contributed by atoms with Crippen LogP contribution in [0.4, 0.5) is 5.69 Å². The summed E-state index contributed by atoms with van der Waals surface area (Å²) in [7, 11) is 0. The van der Waals surface area contributed by atoms with Gasteiger partial charge in [-0.05, 0) is 49.7 Å². The molecule has 0 aliphatic rings. The van der Waals surface area contributed by atoms with Gasteiger partial charge < -0.3 is 14.8 Å². The summed E-state index contributed by atoms with van der Waals surface area (Å²) in [5.41, 5.74) is 4.42. The van der Waals surface area contributed by atoms with Crippen molar-refractivity contribution in [2.45, 2.75) is 27.0 Å². The molecule has 0 heterocycles. The predicted molar refractivity (Wildman–Crippen MR) is 112 cm³/mol. The standard InChI is InChI=1S/C23H24ClNO2/c1-3-26-23-14-18(15-25-20-11-8-17(2)9-12-20)10-13-22(23)27-16-19-6-4-5-7-21(19)24/h4-14,25H,3,15-16H2,1-2H3. The van der Waals surface area contributed by atoms with Crippen molar-refractivity contribution < 1.29 is 9.47 Å². The van der Waals surface area contributed by atoms with Gasteiger partial charge in [0.15, 0.2) is 11.5 Å². The minimum Gasteiger partial charge on any atom is -0.490 e. The van der Waals surface area contributed by atoms with Crippen LogP contribution in [0.15, 0.2) is 66.7 Å². The molecule has 0 radical (unpaired) electrons. The number of ether oxygens (including phenoxy) is 2. The second kappa shape index (κ2) is 9.33. The Bertz CT molecular complexity index is 878. The average molecular weight is 382 g/mol. The number of hydrogen-bond acceptors (Lipinski definition) is 3. The molecule has 0 saturated carbocycles. The van der Waals surface area contributed by atoms with Gasteiger partial charge in [0.05, 0.1) is 6.61 Å². The molecule has 140 valence electrons. The molecule has 0 aliphatic carbocycles. The molecule has 0 unspecified atom stereocenters. The van der Waals surface area contributed by atoms with Crippen LogP contribution in [0.1, 0.15) is 23.6 Å². The molecule has 3 aromatic carbocycles. The lowest BCUT2D eigenvalue weighted by molar-refractivity contribution is 0.269. The predicted octanol–water partition coefficient (Wildman–Crippen LogP) is 6.24. The van der Waals surface area contributed by atoms with Crippen molar-refractivity contribution in [1.82, 2.24) is 0 Å². The maximum Gasteiger partial charge on any atom is 0.161 e. The summed E-state index contributed by atoms with van der Waals surface area (Å²) in [6.07, 6.45) is 0. The second-order valence-corrected chi connectivity index (χ2v) is 6.72. The SMILES string of the molecule is CCOc1cc(CNc2ccc(C)cc2)ccc1OCc1ccccc1Cl. The molecule has 0 bridgehead atoms. The Balaban J connectivity index is 1.68. The Morgan fingerprint density at radius 2 is 1.67 bits per heavy atom. The van der Waals surface area contributed by atoms with Crippen molar-refractivity contribution in [3.63, 3.8) is 0 Å². The number of rotatable bonds is 8. The van der Waals surface area contributed by atoms with E-state index in [1.807, 2.05) is 49.4 Å². The zero-order valence-electron chi connectivity index (χ0n) is 15.7. The molecule has 0 saturated heterocycles. The van der Waals surface area contributed by atoms with E-state index < -0.39 is 0 Å². The van der Waals surface area contributed by atoms with Crippen LogP contribution in [0.2, 0.25) is 5.02 Å². The minimum absolute atomic E-state index is 0.403. The molecule has 0 aromatic heterocycles. The van der Waals surface area contributed by atoms with E-state index >= 15 is 0 Å². The van der Waals surface area contributed by atoms with Gasteiger partial charge in [0.1, 0.15) is 6.61 Å². The Morgan fingerprint density at radius 1 is 0.889 bits per heavy atom. The van der Waals surface area contributed by atoms with Gasteiger partial charge in [-0.3, -0.25) is 0 Å². The van der Waals surface area contributed by atoms with Crippen LogP contribution in [0, 0.1) is 6.92 Å². The maximum atomic E-state index is 6.21. The van der Waals surface area contributed by atoms with E-state index in [4.69, 9.17) is 21.1 Å². The largest absolute Gasteiger partial charge is 0.490 e. The number of hydrogen-bond donors (Lipinski definition) is 1. The van der Waals surface area contributed by atoms with Crippen molar-refractivity contribution in [2.24, 2.45) is 0 Å². The lowest BCUT2D eigenvalue weighted by Gasteiger charge is -2.14. The Labute approximate surface area is 165 Å². The van der Waals surface area contributed by atoms with Crippen molar-refractivity contribution in [3.05, 3.63) is 88.4 Å². The van der Waals surface area contributed by atoms with Gasteiger partial charge in [-0.15, -0.1) is 0 Å². The lowest BCUT2D eigenvalue weighted by atomic mass is 10.2. The molecule has 0 atom stereocenters. The fraction of sp³-hybridized carbons (Fsp3) is 0.217. The van der Waals surface area contributed by atoms with Crippen LogP contribution in [0.3, 0.4) is 0 Å². The van der Waals surface area contributed by atoms with Crippen LogP contribution >= 0.6 is 11.6 Å². The quantitative estimate of drug-likeness (QED) is 0.501. The first-order valence-corrected chi connectivity index (χ1v) is 9.46. The number of benzene rings is 3.